The fraction of sp³-hybridized carbons (Fsp3) is 1.00. The van der Waals surface area contributed by atoms with Gasteiger partial charge in [-0.15, -0.1) is 0 Å². The number of unbranched alkanes of at least 4 members (excludes halogenated alkanes) is 6. The lowest BCUT2D eigenvalue weighted by Crippen LogP contribution is -2.68. The molecule has 6 aliphatic heterocycles. The van der Waals surface area contributed by atoms with Crippen LogP contribution in [0.15, 0.2) is 15.3 Å². The van der Waals surface area contributed by atoms with Crippen LogP contribution in [0.2, 0.25) is 20.2 Å². The second-order valence-electron chi connectivity index (χ2n) is 30.8. The number of hydrogen-bond acceptors (Lipinski definition) is 17. The highest BCUT2D eigenvalue weighted by Gasteiger charge is 2.65. The van der Waals surface area contributed by atoms with E-state index >= 15 is 0 Å². The third-order valence-corrected chi connectivity index (χ3v) is 30.6. The first-order valence-electron chi connectivity index (χ1n) is 34.1. The van der Waals surface area contributed by atoms with Crippen LogP contribution in [0.5, 0.6) is 0 Å². The number of rotatable bonds is 23. The van der Waals surface area contributed by atoms with Crippen molar-refractivity contribution in [2.45, 2.75) is 298 Å². The summed E-state index contributed by atoms with van der Waals surface area (Å²) in [5.41, 5.74) is 24.6. The van der Waals surface area contributed by atoms with Crippen LogP contribution in [-0.4, -0.2) is 166 Å². The number of ether oxygens (including phenoxy) is 7. The number of azide groups is 3. The fourth-order valence-corrected chi connectivity index (χ4v) is 24.0. The quantitative estimate of drug-likeness (QED) is 0.0282. The molecule has 0 aromatic rings. The van der Waals surface area contributed by atoms with Crippen LogP contribution in [0.1, 0.15) is 210 Å². The molecule has 90 heavy (non-hydrogen) atoms. The molecular weight excluding hydrogens is 1190 g/mol. The van der Waals surface area contributed by atoms with E-state index in [0.717, 1.165) is 57.8 Å². The summed E-state index contributed by atoms with van der Waals surface area (Å²) in [6.07, 6.45) is 6.60. The summed E-state index contributed by atoms with van der Waals surface area (Å²) in [6, 6.07) is 0. The summed E-state index contributed by atoms with van der Waals surface area (Å²) >= 11 is 0. The SMILES string of the molecule is CC1[C@@H](OCCCCCN=[N+]=[N-])OC(CO)[C@H](C)[C@@H]1C.CC1[C@@H](OCCCCCN=[N+]=[N-])OC(CO)[C@H](O)[C@@H]1C.CC1[C@@H](OCCCCCN=[N+]=[N-])OC2CO[Si](C(C)(C)C)(C(C)(C)C)O[C@@H]2[C@@H]1C.CC1[C@H](C)OC2CO[Si](C(C)(C)C)(C(C)(C)C)O[C@@H]2[C@@H]1C. The Morgan fingerprint density at radius 3 is 1.11 bits per heavy atom. The van der Waals surface area contributed by atoms with Gasteiger partial charge >= 0.3 is 17.1 Å². The van der Waals surface area contributed by atoms with Gasteiger partial charge in [0.2, 0.25) is 0 Å². The first-order valence-corrected chi connectivity index (χ1v) is 37.7. The molecular formula is C65H127N9O14Si2. The molecule has 0 amide bonds. The van der Waals surface area contributed by atoms with Crippen LogP contribution in [0, 0.1) is 53.3 Å². The molecule has 3 N–H and O–H groups in total. The molecule has 0 aromatic heterocycles. The Kier molecular flexibility index (Phi) is 34.6. The van der Waals surface area contributed by atoms with Crippen molar-refractivity contribution in [3.8, 4) is 0 Å². The maximum Gasteiger partial charge on any atom is 0.349 e. The molecule has 6 aliphatic rings. The lowest BCUT2D eigenvalue weighted by molar-refractivity contribution is -0.278. The van der Waals surface area contributed by atoms with Crippen molar-refractivity contribution < 1.29 is 66.2 Å². The highest BCUT2D eigenvalue weighted by atomic mass is 28.4. The number of aliphatic hydroxyl groups is 3. The van der Waals surface area contributed by atoms with Gasteiger partial charge in [0, 0.05) is 92.1 Å². The maximum atomic E-state index is 9.94. The molecule has 25 heteroatoms. The molecule has 0 aliphatic carbocycles. The van der Waals surface area contributed by atoms with Crippen molar-refractivity contribution in [2.24, 2.45) is 68.6 Å². The van der Waals surface area contributed by atoms with Crippen LogP contribution >= 0.6 is 0 Å². The molecule has 20 atom stereocenters. The molecule has 6 saturated heterocycles. The first-order chi connectivity index (χ1) is 42.1. The van der Waals surface area contributed by atoms with Gasteiger partial charge < -0.3 is 66.2 Å². The van der Waals surface area contributed by atoms with Crippen molar-refractivity contribution in [3.63, 3.8) is 0 Å². The minimum atomic E-state index is -2.49. The monoisotopic (exact) mass is 1310 g/mol. The molecule has 6 heterocycles. The lowest BCUT2D eigenvalue weighted by Gasteiger charge is -2.58. The number of nitrogens with zero attached hydrogens (tertiary/aromatic N) is 9. The molecule has 6 fully saturated rings. The lowest BCUT2D eigenvalue weighted by atomic mass is 9.79. The van der Waals surface area contributed by atoms with Gasteiger partial charge in [0.05, 0.1) is 56.9 Å². The van der Waals surface area contributed by atoms with Crippen LogP contribution in [0.4, 0.5) is 0 Å². The predicted molar refractivity (Wildman–Crippen MR) is 356 cm³/mol. The molecule has 23 nitrogen and oxygen atoms in total. The molecule has 0 saturated carbocycles. The van der Waals surface area contributed by atoms with Gasteiger partial charge in [-0.25, -0.2) is 0 Å². The summed E-state index contributed by atoms with van der Waals surface area (Å²) in [6.45, 7) is 53.3. The van der Waals surface area contributed by atoms with E-state index in [1.807, 2.05) is 13.8 Å². The summed E-state index contributed by atoms with van der Waals surface area (Å²) in [5.74, 6) is 2.88. The maximum absolute atomic E-state index is 9.94. The molecule has 524 valence electrons. The van der Waals surface area contributed by atoms with Gasteiger partial charge in [-0.3, -0.25) is 0 Å². The van der Waals surface area contributed by atoms with Crippen molar-refractivity contribution >= 4 is 17.1 Å². The number of fused-ring (bicyclic) bond motifs is 2. The van der Waals surface area contributed by atoms with E-state index in [4.69, 9.17) is 67.5 Å². The highest BCUT2D eigenvalue weighted by molar-refractivity contribution is 6.74. The minimum absolute atomic E-state index is 0.0239. The van der Waals surface area contributed by atoms with Gasteiger partial charge in [-0.1, -0.05) is 180 Å². The molecule has 6 rings (SSSR count). The van der Waals surface area contributed by atoms with E-state index in [1.54, 1.807) is 0 Å². The zero-order valence-electron chi connectivity index (χ0n) is 59.8. The van der Waals surface area contributed by atoms with Crippen LogP contribution in [0.25, 0.3) is 31.3 Å². The smallest absolute Gasteiger partial charge is 0.349 e. The van der Waals surface area contributed by atoms with Crippen molar-refractivity contribution in [1.29, 1.82) is 0 Å². The minimum Gasteiger partial charge on any atom is -0.394 e. The zero-order chi connectivity index (χ0) is 68.0. The second kappa shape index (κ2) is 37.9. The Bertz CT molecular complexity index is 2110. The summed E-state index contributed by atoms with van der Waals surface area (Å²) in [7, 11) is -4.86. The third kappa shape index (κ3) is 22.2. The largest absolute Gasteiger partial charge is 0.394 e. The van der Waals surface area contributed by atoms with Gasteiger partial charge in [0.25, 0.3) is 0 Å². The van der Waals surface area contributed by atoms with E-state index < -0.39 is 29.3 Å². The molecule has 0 aromatic carbocycles. The topological polar surface area (TPSA) is 309 Å². The normalized spacial score (nSPS) is 34.9. The molecule has 0 spiro atoms. The Morgan fingerprint density at radius 2 is 0.744 bits per heavy atom. The summed E-state index contributed by atoms with van der Waals surface area (Å²) in [4.78, 5) is 8.19. The van der Waals surface area contributed by atoms with Crippen molar-refractivity contribution in [3.05, 3.63) is 31.3 Å². The van der Waals surface area contributed by atoms with E-state index in [2.05, 4.69) is 169 Å². The predicted octanol–water partition coefficient (Wildman–Crippen LogP) is 15.4. The van der Waals surface area contributed by atoms with Gasteiger partial charge in [0.1, 0.15) is 18.3 Å². The zero-order valence-corrected chi connectivity index (χ0v) is 61.8. The van der Waals surface area contributed by atoms with Crippen LogP contribution < -0.4 is 0 Å². The number of hydrogen-bond donors (Lipinski definition) is 3. The Hall–Kier alpha value is -2.20. The van der Waals surface area contributed by atoms with Gasteiger partial charge in [0.15, 0.2) is 18.9 Å². The van der Waals surface area contributed by atoms with Gasteiger partial charge in [-0.05, 0) is 97.5 Å². The van der Waals surface area contributed by atoms with Crippen LogP contribution in [-0.2, 0) is 50.9 Å². The second-order valence-corrected chi connectivity index (χ2v) is 40.3. The van der Waals surface area contributed by atoms with E-state index in [-0.39, 0.29) is 107 Å². The Morgan fingerprint density at radius 1 is 0.411 bits per heavy atom. The molecule has 0 radical (unpaired) electrons. The fourth-order valence-electron chi connectivity index (χ4n) is 13.9. The van der Waals surface area contributed by atoms with Crippen molar-refractivity contribution in [2.75, 3.05) is 65.9 Å². The first kappa shape index (κ1) is 82.0. The average Bonchev–Trinajstić information content (AvgIpc) is 0.752. The van der Waals surface area contributed by atoms with Crippen molar-refractivity contribution in [1.82, 2.24) is 0 Å². The van der Waals surface area contributed by atoms with E-state index in [1.165, 1.54) is 0 Å². The summed E-state index contributed by atoms with van der Waals surface area (Å²) in [5, 5.41) is 39.1. The van der Waals surface area contributed by atoms with Crippen LogP contribution in [0.3, 0.4) is 0 Å². The molecule has 8 unspecified atom stereocenters. The highest BCUT2D eigenvalue weighted by Crippen LogP contribution is 2.57. The Labute approximate surface area is 544 Å². The standard InChI is InChI=1S/C21H41N3O4Si.C17H34O3Si.C14H27N3O3.C13H25N3O4/c1-15-16(2)19(25-13-11-9-10-12-23-24-22)27-17-14-26-29(20(3,4)5,21(6,7)8)28-18(15)17;1-11-12(2)15-14(19-13(11)3)10-18-21(20-15,16(4,5)6)17(7,8)9;1-10-11(2)13(9-18)20-14(12(10)3)19-8-6-4-5-7-16-17-15;1-9-10(2)13(20-11(8-17)12(9)18)19-7-5-3-4-6-15-16-14/h15-19H,9-14H2,1-8H3;11-15H,10H2,1-9H3;10-14,18H,4-9H2,1-3H3;9-13,17-18H,3-8H2,1-2H3/t15-,16?,17?,18-,19+;11?,12-,13+,14?,15-;10-,11+,12?,13?,14-;9-,10?,11?,12-,13+/m1101/s1. The van der Waals surface area contributed by atoms with E-state index in [0.29, 0.717) is 88.2 Å². The third-order valence-electron chi connectivity index (χ3n) is 20.3. The van der Waals surface area contributed by atoms with Gasteiger partial charge in [-0.2, -0.15) is 0 Å². The Balaban J connectivity index is 0.000000318. The summed E-state index contributed by atoms with van der Waals surface area (Å²) < 4.78 is 68.3. The number of aliphatic hydroxyl groups excluding tert-OH is 3. The molecule has 0 bridgehead atoms. The van der Waals surface area contributed by atoms with E-state index in [9.17, 15) is 15.3 Å². The average molecular weight is 1310 g/mol.